The third-order valence-electron chi connectivity index (χ3n) is 4.04. The van der Waals surface area contributed by atoms with Crippen LogP contribution in [0.2, 0.25) is 0 Å². The Bertz CT molecular complexity index is 961. The molecule has 2 nitrogen and oxygen atoms in total. The minimum absolute atomic E-state index is 0.439. The monoisotopic (exact) mass is 293 g/mol. The van der Waals surface area contributed by atoms with Gasteiger partial charge in [0.2, 0.25) is 0 Å². The highest BCUT2D eigenvalue weighted by atomic mass is 32.2. The number of nitrogens with two attached hydrogens (primary N) is 1. The molecule has 2 N–H and O–H groups in total. The fourth-order valence-electron chi connectivity index (χ4n) is 3.12. The van der Waals surface area contributed by atoms with Crippen LogP contribution in [0.4, 0.5) is 0 Å². The molecule has 0 aromatic heterocycles. The minimum Gasteiger partial charge on any atom is -0.330 e. The maximum absolute atomic E-state index is 12.4. The summed E-state index contributed by atoms with van der Waals surface area (Å²) in [6, 6.07) is 18.9. The van der Waals surface area contributed by atoms with E-state index < -0.39 is 10.8 Å². The van der Waals surface area contributed by atoms with E-state index in [0.717, 1.165) is 10.3 Å². The molecule has 4 aromatic rings. The molecule has 0 aliphatic carbocycles. The van der Waals surface area contributed by atoms with E-state index in [1.165, 1.54) is 26.9 Å². The fraction of sp³-hybridized carbons (Fsp3) is 0.111. The van der Waals surface area contributed by atoms with Crippen LogP contribution in [0.3, 0.4) is 0 Å². The van der Waals surface area contributed by atoms with E-state index >= 15 is 0 Å². The Morgan fingerprint density at radius 2 is 1.43 bits per heavy atom. The molecule has 4 aromatic carbocycles. The standard InChI is InChI=1S/C18H15NOS/c19-10-11-21(20)16-9-7-14-5-4-12-2-1-3-13-6-8-15(16)18(14)17(12)13/h1-9H,10-11,19H2. The highest BCUT2D eigenvalue weighted by Gasteiger charge is 2.13. The minimum atomic E-state index is -1.04. The zero-order valence-corrected chi connectivity index (χ0v) is 12.3. The number of hydrogen-bond acceptors (Lipinski definition) is 2. The van der Waals surface area contributed by atoms with E-state index in [0.29, 0.717) is 12.3 Å². The van der Waals surface area contributed by atoms with Gasteiger partial charge in [-0.2, -0.15) is 0 Å². The normalized spacial score (nSPS) is 13.4. The van der Waals surface area contributed by atoms with Crippen LogP contribution in [0, 0.1) is 0 Å². The molecule has 0 amide bonds. The molecule has 1 unspecified atom stereocenters. The topological polar surface area (TPSA) is 43.1 Å². The van der Waals surface area contributed by atoms with Crippen molar-refractivity contribution < 1.29 is 4.21 Å². The third kappa shape index (κ3) is 1.85. The van der Waals surface area contributed by atoms with Crippen molar-refractivity contribution in [1.82, 2.24) is 0 Å². The first-order valence-electron chi connectivity index (χ1n) is 7.04. The Morgan fingerprint density at radius 1 is 0.810 bits per heavy atom. The van der Waals surface area contributed by atoms with Gasteiger partial charge in [0.1, 0.15) is 0 Å². The first kappa shape index (κ1) is 12.7. The molecule has 1 atom stereocenters. The predicted molar refractivity (Wildman–Crippen MR) is 90.5 cm³/mol. The highest BCUT2D eigenvalue weighted by Crippen LogP contribution is 2.36. The van der Waals surface area contributed by atoms with Crippen LogP contribution in [-0.2, 0) is 10.8 Å². The summed E-state index contributed by atoms with van der Waals surface area (Å²) in [7, 11) is -1.04. The van der Waals surface area contributed by atoms with Crippen molar-refractivity contribution in [3.8, 4) is 0 Å². The summed E-state index contributed by atoms with van der Waals surface area (Å²) < 4.78 is 12.4. The summed E-state index contributed by atoms with van der Waals surface area (Å²) in [5.74, 6) is 0.504. The van der Waals surface area contributed by atoms with E-state index in [-0.39, 0.29) is 0 Å². The lowest BCUT2D eigenvalue weighted by Crippen LogP contribution is -2.10. The summed E-state index contributed by atoms with van der Waals surface area (Å²) in [4.78, 5) is 0.895. The van der Waals surface area contributed by atoms with Crippen molar-refractivity contribution in [3.63, 3.8) is 0 Å². The molecule has 0 spiro atoms. The van der Waals surface area contributed by atoms with Crippen LogP contribution in [0.15, 0.2) is 59.5 Å². The van der Waals surface area contributed by atoms with Crippen molar-refractivity contribution >= 4 is 43.1 Å². The molecular weight excluding hydrogens is 278 g/mol. The number of benzene rings is 4. The predicted octanol–water partition coefficient (Wildman–Crippen LogP) is 3.65. The van der Waals surface area contributed by atoms with Gasteiger partial charge >= 0.3 is 0 Å². The summed E-state index contributed by atoms with van der Waals surface area (Å²) >= 11 is 0. The molecule has 0 radical (unpaired) electrons. The fourth-order valence-corrected chi connectivity index (χ4v) is 4.19. The second-order valence-electron chi connectivity index (χ2n) is 5.26. The average molecular weight is 293 g/mol. The van der Waals surface area contributed by atoms with Crippen molar-refractivity contribution in [2.75, 3.05) is 12.3 Å². The van der Waals surface area contributed by atoms with Crippen molar-refractivity contribution in [1.29, 1.82) is 0 Å². The molecule has 0 aliphatic rings. The van der Waals surface area contributed by atoms with E-state index in [9.17, 15) is 4.21 Å². The summed E-state index contributed by atoms with van der Waals surface area (Å²) in [6.45, 7) is 0.439. The van der Waals surface area contributed by atoms with Gasteiger partial charge in [-0.1, -0.05) is 48.5 Å². The van der Waals surface area contributed by atoms with E-state index in [4.69, 9.17) is 5.73 Å². The maximum atomic E-state index is 12.4. The van der Waals surface area contributed by atoms with Gasteiger partial charge in [-0.15, -0.1) is 0 Å². The zero-order chi connectivity index (χ0) is 14.4. The molecule has 0 heterocycles. The number of hydrogen-bond donors (Lipinski definition) is 1. The molecule has 104 valence electrons. The van der Waals surface area contributed by atoms with Crippen LogP contribution in [0.25, 0.3) is 32.3 Å². The quantitative estimate of drug-likeness (QED) is 0.586. The lowest BCUT2D eigenvalue weighted by molar-refractivity contribution is 0.683. The lowest BCUT2D eigenvalue weighted by atomic mass is 9.94. The van der Waals surface area contributed by atoms with Gasteiger partial charge < -0.3 is 5.73 Å². The molecule has 0 aliphatic heterocycles. The Hall–Kier alpha value is -1.97. The summed E-state index contributed by atoms with van der Waals surface area (Å²) in [5.41, 5.74) is 5.56. The SMILES string of the molecule is NCCS(=O)c1ccc2ccc3cccc4ccc1c2c34. The van der Waals surface area contributed by atoms with E-state index in [1.807, 2.05) is 6.07 Å². The Morgan fingerprint density at radius 3 is 2.14 bits per heavy atom. The van der Waals surface area contributed by atoms with Gasteiger partial charge in [0, 0.05) is 17.2 Å². The van der Waals surface area contributed by atoms with Crippen molar-refractivity contribution in [2.24, 2.45) is 5.73 Å². The first-order valence-corrected chi connectivity index (χ1v) is 8.36. The second-order valence-corrected chi connectivity index (χ2v) is 6.80. The molecule has 4 rings (SSSR count). The van der Waals surface area contributed by atoms with Crippen LogP contribution in [0.1, 0.15) is 0 Å². The zero-order valence-electron chi connectivity index (χ0n) is 11.5. The van der Waals surface area contributed by atoms with E-state index in [2.05, 4.69) is 48.5 Å². The highest BCUT2D eigenvalue weighted by molar-refractivity contribution is 7.85. The van der Waals surface area contributed by atoms with Gasteiger partial charge in [-0.25, -0.2) is 0 Å². The van der Waals surface area contributed by atoms with Crippen LogP contribution in [0.5, 0.6) is 0 Å². The first-order chi connectivity index (χ1) is 10.3. The van der Waals surface area contributed by atoms with Gasteiger partial charge in [-0.05, 0) is 38.4 Å². The summed E-state index contributed by atoms with van der Waals surface area (Å²) in [6.07, 6.45) is 0. The Labute approximate surface area is 125 Å². The van der Waals surface area contributed by atoms with Crippen molar-refractivity contribution in [3.05, 3.63) is 54.6 Å². The van der Waals surface area contributed by atoms with Gasteiger partial charge in [0.05, 0.1) is 10.8 Å². The Kier molecular flexibility index (Phi) is 2.91. The smallest absolute Gasteiger partial charge is 0.0548 e. The van der Waals surface area contributed by atoms with Gasteiger partial charge in [0.15, 0.2) is 0 Å². The third-order valence-corrected chi connectivity index (χ3v) is 5.49. The molecule has 0 saturated heterocycles. The molecule has 0 saturated carbocycles. The summed E-state index contributed by atoms with van der Waals surface area (Å²) in [5, 5.41) is 7.22. The second kappa shape index (κ2) is 4.79. The van der Waals surface area contributed by atoms with Crippen molar-refractivity contribution in [2.45, 2.75) is 4.90 Å². The average Bonchev–Trinajstić information content (AvgIpc) is 2.52. The Balaban J connectivity index is 2.18. The maximum Gasteiger partial charge on any atom is 0.0548 e. The largest absolute Gasteiger partial charge is 0.330 e. The molecule has 21 heavy (non-hydrogen) atoms. The van der Waals surface area contributed by atoms with Crippen LogP contribution in [-0.4, -0.2) is 16.5 Å². The lowest BCUT2D eigenvalue weighted by Gasteiger charge is -2.13. The molecular formula is C18H15NOS. The number of rotatable bonds is 3. The molecule has 0 fully saturated rings. The molecule has 3 heteroatoms. The van der Waals surface area contributed by atoms with Crippen LogP contribution >= 0.6 is 0 Å². The van der Waals surface area contributed by atoms with Crippen LogP contribution < -0.4 is 5.73 Å². The van der Waals surface area contributed by atoms with Gasteiger partial charge in [-0.3, -0.25) is 4.21 Å². The van der Waals surface area contributed by atoms with Gasteiger partial charge in [0.25, 0.3) is 0 Å². The van der Waals surface area contributed by atoms with E-state index in [1.54, 1.807) is 0 Å². The molecule has 0 bridgehead atoms.